The van der Waals surface area contributed by atoms with Crippen molar-refractivity contribution in [1.29, 1.82) is 0 Å². The van der Waals surface area contributed by atoms with E-state index in [1.54, 1.807) is 51.1 Å². The van der Waals surface area contributed by atoms with E-state index in [2.05, 4.69) is 13.2 Å². The Morgan fingerprint density at radius 2 is 1.83 bits per heavy atom. The molecule has 0 aliphatic carbocycles. The van der Waals surface area contributed by atoms with Gasteiger partial charge in [-0.3, -0.25) is 14.4 Å². The molecular formula is C33H46ClN3O5. The quantitative estimate of drug-likeness (QED) is 0.332. The van der Waals surface area contributed by atoms with E-state index in [0.717, 1.165) is 6.42 Å². The van der Waals surface area contributed by atoms with Gasteiger partial charge in [0.1, 0.15) is 11.6 Å². The monoisotopic (exact) mass is 599 g/mol. The predicted octanol–water partition coefficient (Wildman–Crippen LogP) is 4.70. The predicted molar refractivity (Wildman–Crippen MR) is 165 cm³/mol. The summed E-state index contributed by atoms with van der Waals surface area (Å²) in [4.78, 5) is 48.7. The van der Waals surface area contributed by atoms with E-state index in [0.29, 0.717) is 36.6 Å². The van der Waals surface area contributed by atoms with Gasteiger partial charge in [0.15, 0.2) is 0 Å². The highest BCUT2D eigenvalue weighted by Gasteiger charge is 2.80. The van der Waals surface area contributed by atoms with Crippen LogP contribution in [0.4, 0.5) is 5.69 Å². The summed E-state index contributed by atoms with van der Waals surface area (Å²) in [6.07, 6.45) is 5.05. The summed E-state index contributed by atoms with van der Waals surface area (Å²) in [6.45, 7) is 18.5. The van der Waals surface area contributed by atoms with Crippen LogP contribution in [-0.4, -0.2) is 82.2 Å². The molecule has 3 fully saturated rings. The first-order valence-electron chi connectivity index (χ1n) is 15.1. The number of nitrogens with zero attached hydrogens (tertiary/aromatic N) is 3. The Kier molecular flexibility index (Phi) is 9.60. The van der Waals surface area contributed by atoms with E-state index < -0.39 is 35.1 Å². The molecule has 3 heterocycles. The number of amides is 3. The molecular weight excluding hydrogens is 554 g/mol. The highest BCUT2D eigenvalue weighted by Crippen LogP contribution is 2.66. The first-order valence-corrected chi connectivity index (χ1v) is 15.5. The molecule has 1 N–H and O–H groups in total. The molecule has 1 aromatic carbocycles. The van der Waals surface area contributed by atoms with Crippen LogP contribution >= 0.6 is 11.6 Å². The Morgan fingerprint density at radius 3 is 2.38 bits per heavy atom. The van der Waals surface area contributed by atoms with Gasteiger partial charge in [0.05, 0.1) is 30.1 Å². The maximum Gasteiger partial charge on any atom is 0.253 e. The highest BCUT2D eigenvalue weighted by atomic mass is 35.5. The summed E-state index contributed by atoms with van der Waals surface area (Å²) in [5.41, 5.74) is -1.53. The van der Waals surface area contributed by atoms with Gasteiger partial charge in [-0.05, 0) is 62.3 Å². The first kappa shape index (κ1) is 32.2. The zero-order chi connectivity index (χ0) is 31.0. The molecule has 0 radical (unpaired) electrons. The summed E-state index contributed by atoms with van der Waals surface area (Å²) >= 11 is 6.16. The number of likely N-dealkylation sites (tertiary alicyclic amines) is 1. The minimum absolute atomic E-state index is 0.0842. The van der Waals surface area contributed by atoms with Crippen molar-refractivity contribution in [3.05, 3.63) is 54.6 Å². The number of ether oxygens (including phenoxy) is 1. The van der Waals surface area contributed by atoms with Crippen molar-refractivity contribution in [3.63, 3.8) is 0 Å². The molecule has 3 aliphatic heterocycles. The SMILES string of the molecule is C=CCN(CCC)C(=O)[C@H]1[C@H]2C(=O)N([C@@H](CO)CC(C)C)C(C(=O)N(CC=C)c3ccc(Cl)cc3)C23CC(C)[C@]1(C)O3. The fourth-order valence-corrected chi connectivity index (χ4v) is 7.81. The third kappa shape index (κ3) is 5.20. The lowest BCUT2D eigenvalue weighted by Gasteiger charge is -2.40. The summed E-state index contributed by atoms with van der Waals surface area (Å²) in [5, 5.41) is 11.1. The van der Waals surface area contributed by atoms with Crippen molar-refractivity contribution >= 4 is 35.0 Å². The maximum absolute atomic E-state index is 14.8. The Bertz CT molecular complexity index is 1200. The van der Waals surface area contributed by atoms with Gasteiger partial charge in [0.2, 0.25) is 11.8 Å². The van der Waals surface area contributed by atoms with Crippen LogP contribution in [0.3, 0.4) is 0 Å². The summed E-state index contributed by atoms with van der Waals surface area (Å²) in [6, 6.07) is 5.32. The van der Waals surface area contributed by atoms with Crippen LogP contribution in [0.1, 0.15) is 53.9 Å². The third-order valence-electron chi connectivity index (χ3n) is 9.47. The molecule has 42 heavy (non-hydrogen) atoms. The van der Waals surface area contributed by atoms with Gasteiger partial charge in [-0.25, -0.2) is 0 Å². The molecule has 8 nitrogen and oxygen atoms in total. The molecule has 3 unspecified atom stereocenters. The average molecular weight is 600 g/mol. The Hall–Kier alpha value is -2.68. The number of hydrogen-bond acceptors (Lipinski definition) is 5. The van der Waals surface area contributed by atoms with E-state index in [1.165, 1.54) is 0 Å². The van der Waals surface area contributed by atoms with Gasteiger partial charge in [-0.2, -0.15) is 0 Å². The minimum Gasteiger partial charge on any atom is -0.394 e. The third-order valence-corrected chi connectivity index (χ3v) is 9.72. The second kappa shape index (κ2) is 12.5. The van der Waals surface area contributed by atoms with Crippen molar-refractivity contribution in [1.82, 2.24) is 9.80 Å². The summed E-state index contributed by atoms with van der Waals surface area (Å²) < 4.78 is 6.93. The van der Waals surface area contributed by atoms with Crippen LogP contribution in [0.15, 0.2) is 49.6 Å². The topological polar surface area (TPSA) is 90.4 Å². The number of hydrogen-bond donors (Lipinski definition) is 1. The van der Waals surface area contributed by atoms with Gasteiger partial charge < -0.3 is 24.5 Å². The Balaban J connectivity index is 1.89. The Labute approximate surface area is 255 Å². The molecule has 230 valence electrons. The summed E-state index contributed by atoms with van der Waals surface area (Å²) in [7, 11) is 0. The number of fused-ring (bicyclic) bond motifs is 1. The zero-order valence-corrected chi connectivity index (χ0v) is 26.3. The number of rotatable bonds is 13. The number of aliphatic hydroxyl groups excluding tert-OH is 1. The number of benzene rings is 1. The summed E-state index contributed by atoms with van der Waals surface area (Å²) in [5.74, 6) is -2.31. The zero-order valence-electron chi connectivity index (χ0n) is 25.6. The number of anilines is 1. The van der Waals surface area contributed by atoms with E-state index >= 15 is 0 Å². The molecule has 7 atom stereocenters. The number of aliphatic hydroxyl groups is 1. The van der Waals surface area contributed by atoms with Crippen molar-refractivity contribution in [2.45, 2.75) is 77.2 Å². The van der Waals surface area contributed by atoms with Gasteiger partial charge in [0.25, 0.3) is 5.91 Å². The van der Waals surface area contributed by atoms with E-state index in [9.17, 15) is 19.5 Å². The molecule has 1 aromatic rings. The van der Waals surface area contributed by atoms with E-state index in [-0.39, 0.29) is 42.7 Å². The van der Waals surface area contributed by atoms with E-state index in [1.807, 2.05) is 34.6 Å². The molecule has 0 aromatic heterocycles. The van der Waals surface area contributed by atoms with Gasteiger partial charge in [-0.15, -0.1) is 13.2 Å². The van der Waals surface area contributed by atoms with Gasteiger partial charge >= 0.3 is 0 Å². The molecule has 3 saturated heterocycles. The highest BCUT2D eigenvalue weighted by molar-refractivity contribution is 6.30. The smallest absolute Gasteiger partial charge is 0.253 e. The van der Waals surface area contributed by atoms with Crippen LogP contribution in [-0.2, 0) is 19.1 Å². The van der Waals surface area contributed by atoms with Crippen molar-refractivity contribution in [2.24, 2.45) is 23.7 Å². The first-order chi connectivity index (χ1) is 19.9. The van der Waals surface area contributed by atoms with Crippen LogP contribution in [0.25, 0.3) is 0 Å². The largest absolute Gasteiger partial charge is 0.394 e. The molecule has 3 amide bonds. The lowest BCUT2D eigenvalue weighted by atomic mass is 9.62. The van der Waals surface area contributed by atoms with Crippen molar-refractivity contribution in [3.8, 4) is 0 Å². The van der Waals surface area contributed by atoms with Crippen LogP contribution in [0.2, 0.25) is 5.02 Å². The number of halogens is 1. The van der Waals surface area contributed by atoms with Gasteiger partial charge in [-0.1, -0.05) is 51.4 Å². The second-order valence-electron chi connectivity index (χ2n) is 12.7. The fraction of sp³-hybridized carbons (Fsp3) is 0.606. The molecule has 1 spiro atoms. The van der Waals surface area contributed by atoms with Crippen LogP contribution in [0.5, 0.6) is 0 Å². The second-order valence-corrected chi connectivity index (χ2v) is 13.1. The van der Waals surface area contributed by atoms with Crippen LogP contribution in [0, 0.1) is 23.7 Å². The lowest BCUT2D eigenvalue weighted by molar-refractivity contribution is -0.154. The van der Waals surface area contributed by atoms with Crippen molar-refractivity contribution < 1.29 is 24.2 Å². The molecule has 3 aliphatic rings. The van der Waals surface area contributed by atoms with E-state index in [4.69, 9.17) is 16.3 Å². The van der Waals surface area contributed by atoms with Crippen molar-refractivity contribution in [2.75, 3.05) is 31.1 Å². The normalized spacial score (nSPS) is 30.4. The fourth-order valence-electron chi connectivity index (χ4n) is 7.68. The molecule has 0 saturated carbocycles. The Morgan fingerprint density at radius 1 is 1.19 bits per heavy atom. The number of carbonyl (C=O) groups is 3. The minimum atomic E-state index is -1.22. The number of carbonyl (C=O) groups excluding carboxylic acids is 3. The maximum atomic E-state index is 14.8. The lowest BCUT2D eigenvalue weighted by Crippen LogP contribution is -2.59. The van der Waals surface area contributed by atoms with Gasteiger partial charge in [0, 0.05) is 30.3 Å². The average Bonchev–Trinajstić information content (AvgIpc) is 3.46. The molecule has 9 heteroatoms. The van der Waals surface area contributed by atoms with Crippen LogP contribution < -0.4 is 4.90 Å². The molecule has 2 bridgehead atoms. The standard InChI is InChI=1S/C33H46ClN3O5/c1-8-15-35(16-9-2)29(39)26-27-30(40)37(25(20-38)18-21(4)5)28(33(27)19-22(6)32(26,7)42-33)31(41)36(17-10-3)24-13-11-23(34)12-14-24/h8,10-14,21-22,25-28,38H,1,3,9,15-20H2,2,4-7H3/t22?,25-,26-,27+,28?,32+,33?/m1/s1. The molecule has 4 rings (SSSR count).